The topological polar surface area (TPSA) is 88.4 Å². The number of aliphatic imine (C=N–C) groups is 1. The molecule has 3 aromatic rings. The highest BCUT2D eigenvalue weighted by molar-refractivity contribution is 9.10. The van der Waals surface area contributed by atoms with Gasteiger partial charge in [-0.15, -0.1) is 0 Å². The van der Waals surface area contributed by atoms with Gasteiger partial charge in [0.25, 0.3) is 5.91 Å². The van der Waals surface area contributed by atoms with Gasteiger partial charge in [-0.3, -0.25) is 9.69 Å². The van der Waals surface area contributed by atoms with Crippen molar-refractivity contribution in [2.45, 2.75) is 13.5 Å². The van der Waals surface area contributed by atoms with Crippen molar-refractivity contribution >= 4 is 79.7 Å². The van der Waals surface area contributed by atoms with Crippen LogP contribution in [0.5, 0.6) is 11.5 Å². The molecule has 0 unspecified atom stereocenters. The molecule has 0 aromatic heterocycles. The van der Waals surface area contributed by atoms with Gasteiger partial charge in [-0.1, -0.05) is 35.3 Å². The van der Waals surface area contributed by atoms with Gasteiger partial charge in [0.15, 0.2) is 16.7 Å². The molecule has 1 N–H and O–H groups in total. The molecule has 1 aliphatic rings. The molecule has 0 bridgehead atoms. The number of amides is 1. The zero-order valence-electron chi connectivity index (χ0n) is 20.2. The summed E-state index contributed by atoms with van der Waals surface area (Å²) in [6.07, 6.45) is 1.75. The van der Waals surface area contributed by atoms with E-state index in [0.29, 0.717) is 48.3 Å². The fourth-order valence-corrected chi connectivity index (χ4v) is 5.55. The van der Waals surface area contributed by atoms with Gasteiger partial charge in [0, 0.05) is 6.54 Å². The molecule has 7 nitrogen and oxygen atoms in total. The molecule has 3 aromatic carbocycles. The third kappa shape index (κ3) is 6.35. The molecule has 1 aliphatic heterocycles. The predicted octanol–water partition coefficient (Wildman–Crippen LogP) is 7.67. The van der Waals surface area contributed by atoms with Crippen LogP contribution >= 0.6 is 50.9 Å². The van der Waals surface area contributed by atoms with Crippen LogP contribution in [0.3, 0.4) is 0 Å². The average molecular weight is 636 g/mol. The van der Waals surface area contributed by atoms with E-state index < -0.39 is 5.97 Å². The first-order valence-corrected chi connectivity index (χ1v) is 13.6. The minimum Gasteiger partial charge on any atom is -0.493 e. The van der Waals surface area contributed by atoms with Crippen LogP contribution < -0.4 is 9.47 Å². The second-order valence-electron chi connectivity index (χ2n) is 7.98. The molecule has 38 heavy (non-hydrogen) atoms. The fraction of sp³-hybridized carbons (Fsp3) is 0.148. The Balaban J connectivity index is 1.59. The fourth-order valence-electron chi connectivity index (χ4n) is 3.59. The van der Waals surface area contributed by atoms with Gasteiger partial charge in [-0.2, -0.15) is 0 Å². The van der Waals surface area contributed by atoms with Gasteiger partial charge in [0.1, 0.15) is 6.61 Å². The second kappa shape index (κ2) is 12.3. The Morgan fingerprint density at radius 1 is 1.16 bits per heavy atom. The van der Waals surface area contributed by atoms with Crippen LogP contribution in [0.2, 0.25) is 10.0 Å². The number of thioether (sulfide) groups is 1. The van der Waals surface area contributed by atoms with E-state index in [2.05, 4.69) is 20.9 Å². The van der Waals surface area contributed by atoms with Crippen molar-refractivity contribution in [1.29, 1.82) is 0 Å². The molecule has 1 heterocycles. The molecule has 1 amide bonds. The second-order valence-corrected chi connectivity index (χ2v) is 10.7. The highest BCUT2D eigenvalue weighted by Crippen LogP contribution is 2.40. The summed E-state index contributed by atoms with van der Waals surface area (Å²) in [4.78, 5) is 31.0. The van der Waals surface area contributed by atoms with Crippen LogP contribution in [0.15, 0.2) is 69.0 Å². The van der Waals surface area contributed by atoms with E-state index in [1.54, 1.807) is 41.3 Å². The summed E-state index contributed by atoms with van der Waals surface area (Å²) >= 11 is 16.9. The Hall–Kier alpha value is -2.98. The van der Waals surface area contributed by atoms with Gasteiger partial charge < -0.3 is 14.6 Å². The number of rotatable bonds is 8. The molecule has 0 spiro atoms. The first-order valence-electron chi connectivity index (χ1n) is 11.3. The van der Waals surface area contributed by atoms with Crippen molar-refractivity contribution in [3.05, 3.63) is 90.7 Å². The summed E-state index contributed by atoms with van der Waals surface area (Å²) in [5.41, 5.74) is 2.13. The number of amidine groups is 1. The lowest BCUT2D eigenvalue weighted by molar-refractivity contribution is -0.122. The summed E-state index contributed by atoms with van der Waals surface area (Å²) < 4.78 is 12.2. The summed E-state index contributed by atoms with van der Waals surface area (Å²) in [6.45, 7) is 2.51. The Morgan fingerprint density at radius 2 is 1.95 bits per heavy atom. The van der Waals surface area contributed by atoms with E-state index in [1.165, 1.54) is 31.0 Å². The lowest BCUT2D eigenvalue weighted by Crippen LogP contribution is -2.28. The Bertz CT molecular complexity index is 1480. The predicted molar refractivity (Wildman–Crippen MR) is 155 cm³/mol. The maximum atomic E-state index is 13.1. The SMILES string of the molecule is CCN1C(=O)/C(=C/c2cc(Br)c(OCc3ccc(Cl)c(Cl)c3)c(OC)c2)SC1=Nc1cccc(C(=O)O)c1. The number of benzene rings is 3. The Morgan fingerprint density at radius 3 is 2.63 bits per heavy atom. The molecular formula is C27H21BrCl2N2O5S. The van der Waals surface area contributed by atoms with E-state index in [9.17, 15) is 14.7 Å². The standard InChI is InChI=1S/C27H21BrCl2N2O5S/c1-3-32-25(33)23(38-27(32)31-18-6-4-5-17(13-18)26(34)35)12-16-9-19(28)24(22(11-16)36-2)37-14-15-7-8-20(29)21(30)10-15/h4-13H,3,14H2,1-2H3,(H,34,35)/b23-12-,31-27?. The van der Waals surface area contributed by atoms with E-state index >= 15 is 0 Å². The molecule has 0 radical (unpaired) electrons. The van der Waals surface area contributed by atoms with Crippen LogP contribution in [0, 0.1) is 0 Å². The van der Waals surface area contributed by atoms with Gasteiger partial charge in [-0.05, 0) is 94.3 Å². The number of hydrogen-bond acceptors (Lipinski definition) is 6. The number of carboxylic acids is 1. The van der Waals surface area contributed by atoms with Crippen molar-refractivity contribution in [2.75, 3.05) is 13.7 Å². The van der Waals surface area contributed by atoms with E-state index in [1.807, 2.05) is 19.1 Å². The quantitative estimate of drug-likeness (QED) is 0.256. The Kier molecular flexibility index (Phi) is 9.04. The third-order valence-corrected chi connectivity index (χ3v) is 7.77. The zero-order chi connectivity index (χ0) is 27.4. The van der Waals surface area contributed by atoms with Crippen LogP contribution in [0.4, 0.5) is 5.69 Å². The molecule has 0 atom stereocenters. The number of carbonyl (C=O) groups excluding carboxylic acids is 1. The summed E-state index contributed by atoms with van der Waals surface area (Å²) in [5.74, 6) is -0.255. The van der Waals surface area contributed by atoms with Crippen LogP contribution in [0.25, 0.3) is 6.08 Å². The largest absolute Gasteiger partial charge is 0.493 e. The molecule has 196 valence electrons. The van der Waals surface area contributed by atoms with E-state index in [-0.39, 0.29) is 18.1 Å². The number of methoxy groups -OCH3 is 1. The smallest absolute Gasteiger partial charge is 0.335 e. The van der Waals surface area contributed by atoms with Crippen molar-refractivity contribution in [1.82, 2.24) is 4.90 Å². The van der Waals surface area contributed by atoms with Gasteiger partial charge in [0.2, 0.25) is 0 Å². The number of halogens is 3. The van der Waals surface area contributed by atoms with E-state index in [0.717, 1.165) is 11.1 Å². The molecule has 0 aliphatic carbocycles. The molecule has 0 saturated carbocycles. The van der Waals surface area contributed by atoms with Crippen LogP contribution in [-0.2, 0) is 11.4 Å². The first-order chi connectivity index (χ1) is 18.2. The molecule has 1 fully saturated rings. The van der Waals surface area contributed by atoms with Gasteiger partial charge in [0.05, 0.1) is 37.8 Å². The minimum atomic E-state index is -1.04. The molecular weight excluding hydrogens is 615 g/mol. The van der Waals surface area contributed by atoms with Crippen molar-refractivity contribution < 1.29 is 24.2 Å². The zero-order valence-corrected chi connectivity index (χ0v) is 24.1. The number of ether oxygens (including phenoxy) is 2. The number of carbonyl (C=O) groups is 2. The van der Waals surface area contributed by atoms with Crippen LogP contribution in [0.1, 0.15) is 28.4 Å². The normalized spacial score (nSPS) is 15.4. The number of nitrogens with zero attached hydrogens (tertiary/aromatic N) is 2. The average Bonchev–Trinajstić information content (AvgIpc) is 3.18. The number of carboxylic acid groups (broad SMARTS) is 1. The Labute approximate surface area is 242 Å². The van der Waals surface area contributed by atoms with Crippen molar-refractivity contribution in [3.63, 3.8) is 0 Å². The maximum Gasteiger partial charge on any atom is 0.335 e. The highest BCUT2D eigenvalue weighted by atomic mass is 79.9. The number of likely N-dealkylation sites (N-methyl/N-ethyl adjacent to an activating group) is 1. The minimum absolute atomic E-state index is 0.124. The monoisotopic (exact) mass is 634 g/mol. The van der Waals surface area contributed by atoms with Gasteiger partial charge >= 0.3 is 5.97 Å². The summed E-state index contributed by atoms with van der Waals surface area (Å²) in [6, 6.07) is 15.1. The summed E-state index contributed by atoms with van der Waals surface area (Å²) in [5, 5.41) is 10.6. The maximum absolute atomic E-state index is 13.1. The third-order valence-electron chi connectivity index (χ3n) is 5.44. The van der Waals surface area contributed by atoms with Crippen molar-refractivity contribution in [2.24, 2.45) is 4.99 Å². The lowest BCUT2D eigenvalue weighted by Gasteiger charge is -2.14. The lowest BCUT2D eigenvalue weighted by atomic mass is 10.1. The van der Waals surface area contributed by atoms with Crippen LogP contribution in [-0.4, -0.2) is 40.7 Å². The molecule has 4 rings (SSSR count). The molecule has 11 heteroatoms. The summed E-state index contributed by atoms with van der Waals surface area (Å²) in [7, 11) is 1.54. The van der Waals surface area contributed by atoms with Gasteiger partial charge in [-0.25, -0.2) is 9.79 Å². The van der Waals surface area contributed by atoms with Crippen molar-refractivity contribution in [3.8, 4) is 11.5 Å². The first kappa shape index (κ1) is 28.0. The molecule has 1 saturated heterocycles. The number of aromatic carboxylic acids is 1. The number of hydrogen-bond donors (Lipinski definition) is 1. The highest BCUT2D eigenvalue weighted by Gasteiger charge is 2.32. The van der Waals surface area contributed by atoms with E-state index in [4.69, 9.17) is 32.7 Å².